The summed E-state index contributed by atoms with van der Waals surface area (Å²) in [5.41, 5.74) is 6.06. The molecule has 0 heterocycles. The molecule has 88 valence electrons. The monoisotopic (exact) mass is 388 g/mol. The number of rotatable bonds is 3. The molecule has 0 saturated heterocycles. The Morgan fingerprint density at radius 1 is 1.56 bits per heavy atom. The molecule has 1 aromatic carbocycles. The van der Waals surface area contributed by atoms with Crippen LogP contribution >= 0.6 is 55.1 Å². The van der Waals surface area contributed by atoms with Crippen LogP contribution in [0.15, 0.2) is 20.0 Å². The highest BCUT2D eigenvalue weighted by molar-refractivity contribution is 9.11. The first kappa shape index (κ1) is 14.1. The van der Waals surface area contributed by atoms with Crippen LogP contribution in [0, 0.1) is 0 Å². The van der Waals surface area contributed by atoms with Crippen LogP contribution in [0.3, 0.4) is 0 Å². The van der Waals surface area contributed by atoms with Crippen LogP contribution in [0.25, 0.3) is 0 Å². The highest BCUT2D eigenvalue weighted by atomic mass is 79.9. The van der Waals surface area contributed by atoms with Crippen molar-refractivity contribution in [2.75, 3.05) is 13.0 Å². The van der Waals surface area contributed by atoms with E-state index in [9.17, 15) is 0 Å². The van der Waals surface area contributed by atoms with E-state index in [0.29, 0.717) is 20.9 Å². The van der Waals surface area contributed by atoms with Gasteiger partial charge in [0, 0.05) is 0 Å². The van der Waals surface area contributed by atoms with E-state index in [-0.39, 0.29) is 11.7 Å². The van der Waals surface area contributed by atoms with Crippen LogP contribution in [0.2, 0.25) is 5.02 Å². The minimum atomic E-state index is 0.140. The van der Waals surface area contributed by atoms with Crippen molar-refractivity contribution in [3.63, 3.8) is 0 Å². The number of amidine groups is 1. The third kappa shape index (κ3) is 3.03. The zero-order valence-electron chi connectivity index (χ0n) is 8.23. The van der Waals surface area contributed by atoms with Gasteiger partial charge in [-0.1, -0.05) is 11.6 Å². The maximum Gasteiger partial charge on any atom is 0.149 e. The molecule has 16 heavy (non-hydrogen) atoms. The smallest absolute Gasteiger partial charge is 0.149 e. The first-order chi connectivity index (χ1) is 7.51. The summed E-state index contributed by atoms with van der Waals surface area (Å²) in [7, 11) is 1.55. The van der Waals surface area contributed by atoms with Crippen LogP contribution in [0.1, 0.15) is 0 Å². The third-order valence-corrected chi connectivity index (χ3v) is 3.59. The highest BCUT2D eigenvalue weighted by Crippen LogP contribution is 2.44. The molecular weight excluding hydrogens is 383 g/mol. The average Bonchev–Trinajstić information content (AvgIpc) is 2.24. The van der Waals surface area contributed by atoms with Gasteiger partial charge < -0.3 is 10.5 Å². The predicted molar refractivity (Wildman–Crippen MR) is 75.4 cm³/mol. The van der Waals surface area contributed by atoms with E-state index >= 15 is 0 Å². The Labute approximate surface area is 120 Å². The van der Waals surface area contributed by atoms with E-state index in [4.69, 9.17) is 33.7 Å². The number of alkyl halides is 1. The number of hydrogen-bond donors (Lipinski definition) is 1. The number of halogens is 4. The van der Waals surface area contributed by atoms with E-state index in [1.807, 2.05) is 0 Å². The third-order valence-electron chi connectivity index (χ3n) is 1.70. The van der Waals surface area contributed by atoms with Crippen LogP contribution in [-0.4, -0.2) is 18.8 Å². The molecule has 0 amide bonds. The molecule has 0 radical (unpaired) electrons. The predicted octanol–water partition coefficient (Wildman–Crippen LogP) is 4.10. The molecular formula is C9H8Br2Cl2N2O. The second-order valence-corrected chi connectivity index (χ2v) is 5.09. The van der Waals surface area contributed by atoms with Crippen molar-refractivity contribution in [3.05, 3.63) is 20.0 Å². The van der Waals surface area contributed by atoms with E-state index < -0.39 is 0 Å². The van der Waals surface area contributed by atoms with Crippen molar-refractivity contribution in [3.8, 4) is 5.75 Å². The first-order valence-electron chi connectivity index (χ1n) is 4.11. The summed E-state index contributed by atoms with van der Waals surface area (Å²) in [6.07, 6.45) is 0. The maximum atomic E-state index is 6.04. The van der Waals surface area contributed by atoms with Crippen LogP contribution in [0.4, 0.5) is 5.69 Å². The lowest BCUT2D eigenvalue weighted by Crippen LogP contribution is -2.12. The summed E-state index contributed by atoms with van der Waals surface area (Å²) in [6.45, 7) is 0. The Morgan fingerprint density at radius 2 is 2.19 bits per heavy atom. The van der Waals surface area contributed by atoms with E-state index in [1.165, 1.54) is 0 Å². The SMILES string of the molecule is COc1c(Br)cc(Cl)c(N=C(N)CCl)c1Br. The summed E-state index contributed by atoms with van der Waals surface area (Å²) < 4.78 is 6.55. The molecule has 0 atom stereocenters. The molecule has 0 aliphatic heterocycles. The molecule has 0 aliphatic carbocycles. The maximum absolute atomic E-state index is 6.04. The standard InChI is InChI=1S/C9H8Br2Cl2N2O/c1-16-9-4(10)2-5(13)8(7(9)11)15-6(14)3-12/h2H,3H2,1H3,(H2,14,15). The van der Waals surface area contributed by atoms with Gasteiger partial charge in [0.2, 0.25) is 0 Å². The van der Waals surface area contributed by atoms with Crippen LogP contribution < -0.4 is 10.5 Å². The Balaban J connectivity index is 3.39. The molecule has 0 aliphatic rings. The Kier molecular flexibility index (Phi) is 5.37. The summed E-state index contributed by atoms with van der Waals surface area (Å²) in [4.78, 5) is 4.11. The lowest BCUT2D eigenvalue weighted by atomic mass is 10.3. The Morgan fingerprint density at radius 3 is 2.69 bits per heavy atom. The van der Waals surface area contributed by atoms with Crippen molar-refractivity contribution >= 4 is 66.6 Å². The zero-order valence-corrected chi connectivity index (χ0v) is 12.9. The van der Waals surface area contributed by atoms with Crippen molar-refractivity contribution in [1.29, 1.82) is 0 Å². The van der Waals surface area contributed by atoms with Gasteiger partial charge in [-0.25, -0.2) is 4.99 Å². The van der Waals surface area contributed by atoms with Crippen molar-refractivity contribution in [1.82, 2.24) is 0 Å². The normalized spacial score (nSPS) is 11.7. The Bertz CT molecular complexity index is 438. The quantitative estimate of drug-likeness (QED) is 0.480. The molecule has 0 aromatic heterocycles. The molecule has 0 bridgehead atoms. The molecule has 7 heteroatoms. The highest BCUT2D eigenvalue weighted by Gasteiger charge is 2.14. The summed E-state index contributed by atoms with van der Waals surface area (Å²) in [6, 6.07) is 1.69. The van der Waals surface area contributed by atoms with Gasteiger partial charge in [0.15, 0.2) is 0 Å². The Hall–Kier alpha value is 0.0300. The average molecular weight is 391 g/mol. The minimum Gasteiger partial charge on any atom is -0.494 e. The molecule has 1 aromatic rings. The fourth-order valence-corrected chi connectivity index (χ4v) is 3.11. The van der Waals surface area contributed by atoms with E-state index in [2.05, 4.69) is 36.9 Å². The zero-order chi connectivity index (χ0) is 12.3. The molecule has 2 N–H and O–H groups in total. The van der Waals surface area contributed by atoms with Crippen LogP contribution in [0.5, 0.6) is 5.75 Å². The number of hydrogen-bond acceptors (Lipinski definition) is 2. The second-order valence-electron chi connectivity index (χ2n) is 2.77. The van der Waals surface area contributed by atoms with Crippen LogP contribution in [-0.2, 0) is 0 Å². The van der Waals surface area contributed by atoms with Crippen molar-refractivity contribution < 1.29 is 4.74 Å². The van der Waals surface area contributed by atoms with E-state index in [0.717, 1.165) is 4.47 Å². The number of benzene rings is 1. The topological polar surface area (TPSA) is 47.6 Å². The fourth-order valence-electron chi connectivity index (χ4n) is 1.03. The first-order valence-corrected chi connectivity index (χ1v) is 6.61. The molecule has 0 saturated carbocycles. The lowest BCUT2D eigenvalue weighted by Gasteiger charge is -2.10. The summed E-state index contributed by atoms with van der Waals surface area (Å²) >= 11 is 18.3. The largest absolute Gasteiger partial charge is 0.494 e. The van der Waals surface area contributed by atoms with Gasteiger partial charge in [-0.15, -0.1) is 11.6 Å². The van der Waals surface area contributed by atoms with Crippen molar-refractivity contribution in [2.24, 2.45) is 10.7 Å². The number of nitrogens with zero attached hydrogens (tertiary/aromatic N) is 1. The second kappa shape index (κ2) is 6.10. The van der Waals surface area contributed by atoms with Gasteiger partial charge in [0.25, 0.3) is 0 Å². The number of ether oxygens (including phenoxy) is 1. The number of nitrogens with two attached hydrogens (primary N) is 1. The molecule has 0 spiro atoms. The van der Waals surface area contributed by atoms with E-state index in [1.54, 1.807) is 13.2 Å². The minimum absolute atomic E-state index is 0.140. The lowest BCUT2D eigenvalue weighted by molar-refractivity contribution is 0.409. The summed E-state index contributed by atoms with van der Waals surface area (Å²) in [5.74, 6) is 1.03. The van der Waals surface area contributed by atoms with Gasteiger partial charge in [-0.2, -0.15) is 0 Å². The van der Waals surface area contributed by atoms with Gasteiger partial charge in [0.1, 0.15) is 17.3 Å². The van der Waals surface area contributed by atoms with Crippen molar-refractivity contribution in [2.45, 2.75) is 0 Å². The van der Waals surface area contributed by atoms with Gasteiger partial charge in [-0.05, 0) is 37.9 Å². The fraction of sp³-hybridized carbons (Fsp3) is 0.222. The van der Waals surface area contributed by atoms with Gasteiger partial charge >= 0.3 is 0 Å². The molecule has 0 unspecified atom stereocenters. The molecule has 0 fully saturated rings. The number of aliphatic imine (C=N–C) groups is 1. The number of methoxy groups -OCH3 is 1. The molecule has 1 rings (SSSR count). The molecule has 3 nitrogen and oxygen atoms in total. The summed E-state index contributed by atoms with van der Waals surface area (Å²) in [5, 5.41) is 0.451. The van der Waals surface area contributed by atoms with Gasteiger partial charge in [0.05, 0.1) is 27.0 Å². The van der Waals surface area contributed by atoms with Gasteiger partial charge in [-0.3, -0.25) is 0 Å².